The maximum Gasteiger partial charge on any atom is 0.414 e. The van der Waals surface area contributed by atoms with Gasteiger partial charge in [0.25, 0.3) is 10.1 Å². The van der Waals surface area contributed by atoms with Crippen LogP contribution in [-0.2, 0) is 19.0 Å². The Bertz CT molecular complexity index is 1030. The summed E-state index contributed by atoms with van der Waals surface area (Å²) >= 11 is 0. The van der Waals surface area contributed by atoms with Gasteiger partial charge in [-0.1, -0.05) is 24.3 Å². The van der Waals surface area contributed by atoms with E-state index in [0.717, 1.165) is 17.2 Å². The van der Waals surface area contributed by atoms with Crippen molar-refractivity contribution in [3.05, 3.63) is 35.9 Å². The van der Waals surface area contributed by atoms with Crippen molar-refractivity contribution < 1.29 is 27.2 Å². The van der Waals surface area contributed by atoms with Gasteiger partial charge in [-0.05, 0) is 44.6 Å². The highest BCUT2D eigenvalue weighted by Gasteiger charge is 2.32. The van der Waals surface area contributed by atoms with Crippen LogP contribution in [0.1, 0.15) is 45.1 Å². The number of carbonyl (C=O) groups is 1. The first-order valence-electron chi connectivity index (χ1n) is 9.56. The van der Waals surface area contributed by atoms with E-state index in [1.165, 1.54) is 4.90 Å². The van der Waals surface area contributed by atoms with E-state index in [4.69, 9.17) is 8.92 Å². The van der Waals surface area contributed by atoms with E-state index in [2.05, 4.69) is 0 Å². The number of benzene rings is 2. The maximum atomic E-state index is 12.9. The highest BCUT2D eigenvalue weighted by atomic mass is 32.2. The quantitative estimate of drug-likeness (QED) is 0.749. The molecule has 29 heavy (non-hydrogen) atoms. The molecule has 7 nitrogen and oxygen atoms in total. The van der Waals surface area contributed by atoms with E-state index >= 15 is 0 Å². The highest BCUT2D eigenvalue weighted by Crippen LogP contribution is 2.43. The summed E-state index contributed by atoms with van der Waals surface area (Å²) in [5.41, 5.74) is 0.641. The molecule has 158 valence electrons. The molecule has 0 saturated carbocycles. The van der Waals surface area contributed by atoms with E-state index in [0.29, 0.717) is 30.5 Å². The van der Waals surface area contributed by atoms with E-state index in [1.807, 2.05) is 18.2 Å². The molecule has 0 fully saturated rings. The zero-order valence-corrected chi connectivity index (χ0v) is 18.0. The molecule has 0 aromatic heterocycles. The van der Waals surface area contributed by atoms with Crippen LogP contribution in [-0.4, -0.2) is 44.6 Å². The van der Waals surface area contributed by atoms with Crippen molar-refractivity contribution >= 4 is 32.7 Å². The molecule has 0 saturated heterocycles. The Hall–Kier alpha value is -2.32. The van der Waals surface area contributed by atoms with Gasteiger partial charge in [0.1, 0.15) is 11.4 Å². The topological polar surface area (TPSA) is 93.1 Å². The normalized spacial score (nSPS) is 17.7. The molecule has 3 rings (SSSR count). The number of carbonyl (C=O) groups excluding carboxylic acids is 1. The largest absolute Gasteiger partial charge is 0.507 e. The van der Waals surface area contributed by atoms with Crippen LogP contribution in [0.4, 0.5) is 10.5 Å². The summed E-state index contributed by atoms with van der Waals surface area (Å²) in [6.45, 7) is 5.76. The van der Waals surface area contributed by atoms with Crippen molar-refractivity contribution in [3.8, 4) is 5.75 Å². The van der Waals surface area contributed by atoms with Crippen LogP contribution < -0.4 is 4.90 Å². The fourth-order valence-corrected chi connectivity index (χ4v) is 4.07. The van der Waals surface area contributed by atoms with Crippen LogP contribution in [0, 0.1) is 0 Å². The Morgan fingerprint density at radius 3 is 2.52 bits per heavy atom. The smallest absolute Gasteiger partial charge is 0.414 e. The van der Waals surface area contributed by atoms with Gasteiger partial charge in [-0.3, -0.25) is 9.08 Å². The molecule has 1 amide bonds. The molecule has 0 bridgehead atoms. The van der Waals surface area contributed by atoms with Gasteiger partial charge in [0.05, 0.1) is 18.6 Å². The number of ether oxygens (including phenoxy) is 1. The zero-order valence-electron chi connectivity index (χ0n) is 17.1. The summed E-state index contributed by atoms with van der Waals surface area (Å²) in [6.07, 6.45) is 1.79. The number of phenolic OH excluding ortho intramolecular Hbond substituents is 1. The summed E-state index contributed by atoms with van der Waals surface area (Å²) < 4.78 is 33.8. The average molecular weight is 422 g/mol. The molecule has 2 aromatic carbocycles. The monoisotopic (exact) mass is 421 g/mol. The summed E-state index contributed by atoms with van der Waals surface area (Å²) in [5.74, 6) is -0.199. The Morgan fingerprint density at radius 2 is 1.90 bits per heavy atom. The number of fused-ring (bicyclic) bond motifs is 3. The Morgan fingerprint density at radius 1 is 1.24 bits per heavy atom. The Kier molecular flexibility index (Phi) is 5.78. The second kappa shape index (κ2) is 7.84. The van der Waals surface area contributed by atoms with Gasteiger partial charge in [-0.15, -0.1) is 0 Å². The lowest BCUT2D eigenvalue weighted by molar-refractivity contribution is 0.0580. The lowest BCUT2D eigenvalue weighted by Crippen LogP contribution is -2.37. The molecule has 0 radical (unpaired) electrons. The van der Waals surface area contributed by atoms with Crippen molar-refractivity contribution in [2.24, 2.45) is 0 Å². The molecule has 1 aliphatic rings. The molecule has 8 heteroatoms. The van der Waals surface area contributed by atoms with E-state index < -0.39 is 21.8 Å². The molecule has 1 N–H and O–H groups in total. The Labute approximate surface area is 171 Å². The summed E-state index contributed by atoms with van der Waals surface area (Å²) in [5, 5.41) is 12.0. The minimum absolute atomic E-state index is 0.0250. The molecule has 0 unspecified atom stereocenters. The van der Waals surface area contributed by atoms with Crippen LogP contribution in [0.2, 0.25) is 0 Å². The van der Waals surface area contributed by atoms with E-state index in [9.17, 15) is 18.3 Å². The minimum Gasteiger partial charge on any atom is -0.507 e. The van der Waals surface area contributed by atoms with Crippen LogP contribution in [0.25, 0.3) is 10.8 Å². The van der Waals surface area contributed by atoms with Crippen molar-refractivity contribution in [1.29, 1.82) is 0 Å². The summed E-state index contributed by atoms with van der Waals surface area (Å²) in [6, 6.07) is 8.88. The van der Waals surface area contributed by atoms with Gasteiger partial charge in [0.2, 0.25) is 0 Å². The maximum absolute atomic E-state index is 12.9. The van der Waals surface area contributed by atoms with Gasteiger partial charge >= 0.3 is 6.09 Å². The summed E-state index contributed by atoms with van der Waals surface area (Å²) in [4.78, 5) is 14.4. The first kappa shape index (κ1) is 21.4. The highest BCUT2D eigenvalue weighted by molar-refractivity contribution is 7.85. The number of anilines is 1. The zero-order chi connectivity index (χ0) is 21.4. The fourth-order valence-electron chi connectivity index (χ4n) is 3.66. The van der Waals surface area contributed by atoms with Crippen molar-refractivity contribution in [2.45, 2.75) is 45.1 Å². The van der Waals surface area contributed by atoms with Crippen LogP contribution in [0.15, 0.2) is 30.3 Å². The predicted molar refractivity (Wildman–Crippen MR) is 112 cm³/mol. The number of hydrogen-bond donors (Lipinski definition) is 1. The minimum atomic E-state index is -3.61. The number of hydrogen-bond acceptors (Lipinski definition) is 6. The van der Waals surface area contributed by atoms with Crippen LogP contribution in [0.5, 0.6) is 5.75 Å². The molecule has 0 spiro atoms. The van der Waals surface area contributed by atoms with Crippen LogP contribution >= 0.6 is 0 Å². The average Bonchev–Trinajstić information content (AvgIpc) is 2.77. The summed E-state index contributed by atoms with van der Waals surface area (Å²) in [7, 11) is -3.61. The lowest BCUT2D eigenvalue weighted by atomic mass is 9.89. The van der Waals surface area contributed by atoms with Gasteiger partial charge < -0.3 is 9.84 Å². The predicted octanol–water partition coefficient (Wildman–Crippen LogP) is 4.14. The molecule has 1 atom stereocenters. The van der Waals surface area contributed by atoms with Crippen LogP contribution in [0.3, 0.4) is 0 Å². The molecular weight excluding hydrogens is 394 g/mol. The third-order valence-corrected chi connectivity index (χ3v) is 5.34. The first-order valence-corrected chi connectivity index (χ1v) is 11.4. The van der Waals surface area contributed by atoms with Crippen molar-refractivity contribution in [2.75, 3.05) is 24.3 Å². The molecule has 0 aliphatic carbocycles. The number of phenols is 1. The first-order chi connectivity index (χ1) is 13.5. The van der Waals surface area contributed by atoms with Gasteiger partial charge in [-0.2, -0.15) is 8.42 Å². The number of aromatic hydroxyl groups is 1. The fraction of sp³-hybridized carbons (Fsp3) is 0.476. The molecule has 1 aliphatic heterocycles. The Balaban J connectivity index is 2.15. The standard InChI is InChI=1S/C21H27NO6S/c1-21(2,3)28-20(24)22-11-7-8-14(13-27-29(4,25)26)19-16-10-6-5-9-15(16)18(23)12-17(19)22/h5-6,9-10,12,14,23H,7-8,11,13H2,1-4H3/t14-/m1/s1. The van der Waals surface area contributed by atoms with Gasteiger partial charge in [-0.25, -0.2) is 4.79 Å². The van der Waals surface area contributed by atoms with Gasteiger partial charge in [0.15, 0.2) is 0 Å². The van der Waals surface area contributed by atoms with Crippen molar-refractivity contribution in [3.63, 3.8) is 0 Å². The number of nitrogens with zero attached hydrogens (tertiary/aromatic N) is 1. The molecular formula is C21H27NO6S. The second-order valence-corrected chi connectivity index (χ2v) is 9.98. The van der Waals surface area contributed by atoms with E-state index in [1.54, 1.807) is 32.9 Å². The molecule has 2 aromatic rings. The van der Waals surface area contributed by atoms with E-state index in [-0.39, 0.29) is 18.3 Å². The van der Waals surface area contributed by atoms with Crippen molar-refractivity contribution in [1.82, 2.24) is 0 Å². The number of amides is 1. The second-order valence-electron chi connectivity index (χ2n) is 8.33. The number of rotatable bonds is 3. The molecule has 1 heterocycles. The lowest BCUT2D eigenvalue weighted by Gasteiger charge is -2.29. The van der Waals surface area contributed by atoms with Gasteiger partial charge in [0, 0.05) is 23.9 Å². The SMILES string of the molecule is CC(C)(C)OC(=O)N1CCC[C@H](COS(C)(=O)=O)c2c1cc(O)c1ccccc21. The third-order valence-electron chi connectivity index (χ3n) is 4.77. The third kappa shape index (κ3) is 5.00.